The van der Waals surface area contributed by atoms with Crippen LogP contribution in [-0.4, -0.2) is 39.9 Å². The minimum absolute atomic E-state index is 0.0473. The molecule has 1 fully saturated rings. The molecule has 6 nitrogen and oxygen atoms in total. The molecule has 2 atom stereocenters. The number of aryl methyl sites for hydroxylation is 1. The summed E-state index contributed by atoms with van der Waals surface area (Å²) in [6.45, 7) is 5.56. The van der Waals surface area contributed by atoms with Crippen molar-refractivity contribution in [3.8, 4) is 0 Å². The van der Waals surface area contributed by atoms with E-state index in [9.17, 15) is 4.79 Å². The molecule has 2 rings (SSSR count). The van der Waals surface area contributed by atoms with E-state index in [-0.39, 0.29) is 18.6 Å². The number of hydrogen-bond acceptors (Lipinski definition) is 4. The average Bonchev–Trinajstić information content (AvgIpc) is 2.82. The van der Waals surface area contributed by atoms with Crippen LogP contribution in [0.15, 0.2) is 6.33 Å². The Hall–Kier alpha value is -1.43. The lowest BCUT2D eigenvalue weighted by Gasteiger charge is -2.26. The number of aromatic nitrogens is 3. The molecule has 112 valence electrons. The summed E-state index contributed by atoms with van der Waals surface area (Å²) >= 11 is 0. The summed E-state index contributed by atoms with van der Waals surface area (Å²) in [6.07, 6.45) is 6.57. The Morgan fingerprint density at radius 3 is 3.10 bits per heavy atom. The molecule has 1 aliphatic rings. The maximum Gasteiger partial charge on any atom is 0.246 e. The number of carbonyl (C=O) groups is 1. The molecule has 1 aliphatic carbocycles. The van der Waals surface area contributed by atoms with Gasteiger partial charge in [-0.15, -0.1) is 10.2 Å². The maximum atomic E-state index is 11.7. The molecule has 0 saturated heterocycles. The third-order valence-corrected chi connectivity index (χ3v) is 3.82. The van der Waals surface area contributed by atoms with Crippen molar-refractivity contribution < 1.29 is 9.53 Å². The second-order valence-electron chi connectivity index (χ2n) is 5.63. The summed E-state index contributed by atoms with van der Waals surface area (Å²) in [7, 11) is 0. The lowest BCUT2D eigenvalue weighted by atomic mass is 9.89. The summed E-state index contributed by atoms with van der Waals surface area (Å²) < 4.78 is 7.59. The fraction of sp³-hybridized carbons (Fsp3) is 0.786. The number of nitrogens with one attached hydrogen (secondary N) is 1. The molecule has 1 aromatic heterocycles. The van der Waals surface area contributed by atoms with Crippen LogP contribution in [0.5, 0.6) is 0 Å². The van der Waals surface area contributed by atoms with E-state index < -0.39 is 0 Å². The first-order chi connectivity index (χ1) is 9.65. The molecular formula is C14H24N4O2. The predicted octanol–water partition coefficient (Wildman–Crippen LogP) is 1.30. The number of ether oxygens (including phenoxy) is 1. The van der Waals surface area contributed by atoms with Gasteiger partial charge in [-0.25, -0.2) is 0 Å². The van der Waals surface area contributed by atoms with Gasteiger partial charge in [-0.3, -0.25) is 4.79 Å². The summed E-state index contributed by atoms with van der Waals surface area (Å²) in [4.78, 5) is 11.7. The second-order valence-corrected chi connectivity index (χ2v) is 5.63. The van der Waals surface area contributed by atoms with Gasteiger partial charge >= 0.3 is 0 Å². The summed E-state index contributed by atoms with van der Waals surface area (Å²) in [5, 5.41) is 10.6. The fourth-order valence-corrected chi connectivity index (χ4v) is 2.62. The highest BCUT2D eigenvalue weighted by Gasteiger charge is 2.19. The Bertz CT molecular complexity index is 433. The van der Waals surface area contributed by atoms with Crippen LogP contribution in [0.4, 0.5) is 0 Å². The van der Waals surface area contributed by atoms with Gasteiger partial charge in [0.1, 0.15) is 18.8 Å². The van der Waals surface area contributed by atoms with Gasteiger partial charge in [-0.2, -0.15) is 0 Å². The van der Waals surface area contributed by atoms with Gasteiger partial charge in [0.2, 0.25) is 5.91 Å². The zero-order valence-corrected chi connectivity index (χ0v) is 12.3. The van der Waals surface area contributed by atoms with Crippen molar-refractivity contribution in [2.24, 2.45) is 5.92 Å². The van der Waals surface area contributed by atoms with Gasteiger partial charge in [-0.05, 0) is 25.7 Å². The Labute approximate surface area is 119 Å². The minimum Gasteiger partial charge on any atom is -0.368 e. The summed E-state index contributed by atoms with van der Waals surface area (Å²) in [5.74, 6) is 1.52. The van der Waals surface area contributed by atoms with Crippen molar-refractivity contribution in [1.82, 2.24) is 20.1 Å². The molecule has 1 saturated carbocycles. The molecule has 1 heterocycles. The monoisotopic (exact) mass is 280 g/mol. The number of nitrogens with zero attached hydrogens (tertiary/aromatic N) is 3. The molecule has 20 heavy (non-hydrogen) atoms. The van der Waals surface area contributed by atoms with Crippen molar-refractivity contribution in [1.29, 1.82) is 0 Å². The SMILES string of the molecule is Cc1nncn1CCNC(=O)CO[C@H]1CCC[C@@H](C)C1. The van der Waals surface area contributed by atoms with Crippen molar-refractivity contribution in [3.63, 3.8) is 0 Å². The highest BCUT2D eigenvalue weighted by atomic mass is 16.5. The Balaban J connectivity index is 1.59. The van der Waals surface area contributed by atoms with Crippen molar-refractivity contribution in [2.75, 3.05) is 13.2 Å². The third-order valence-electron chi connectivity index (χ3n) is 3.82. The lowest BCUT2D eigenvalue weighted by Crippen LogP contribution is -2.33. The maximum absolute atomic E-state index is 11.7. The average molecular weight is 280 g/mol. The molecule has 1 N–H and O–H groups in total. The third kappa shape index (κ3) is 4.59. The molecule has 0 aromatic carbocycles. The summed E-state index contributed by atoms with van der Waals surface area (Å²) in [6, 6.07) is 0. The largest absolute Gasteiger partial charge is 0.368 e. The first kappa shape index (κ1) is 15.0. The van der Waals surface area contributed by atoms with E-state index in [1.54, 1.807) is 6.33 Å². The highest BCUT2D eigenvalue weighted by molar-refractivity contribution is 5.77. The molecule has 0 aliphatic heterocycles. The Morgan fingerprint density at radius 2 is 2.40 bits per heavy atom. The standard InChI is InChI=1S/C14H24N4O2/c1-11-4-3-5-13(8-11)20-9-14(19)15-6-7-18-10-16-17-12(18)2/h10-11,13H,3-9H2,1-2H3,(H,15,19)/t11-,13+/m1/s1. The van der Waals surface area contributed by atoms with Crippen LogP contribution in [-0.2, 0) is 16.1 Å². The molecule has 1 aromatic rings. The van der Waals surface area contributed by atoms with E-state index in [2.05, 4.69) is 22.4 Å². The number of rotatable bonds is 6. The predicted molar refractivity (Wildman–Crippen MR) is 75.1 cm³/mol. The number of carbonyl (C=O) groups excluding carboxylic acids is 1. The smallest absolute Gasteiger partial charge is 0.246 e. The van der Waals surface area contributed by atoms with Crippen molar-refractivity contribution >= 4 is 5.91 Å². The van der Waals surface area contributed by atoms with Gasteiger partial charge < -0.3 is 14.6 Å². The number of amides is 1. The lowest BCUT2D eigenvalue weighted by molar-refractivity contribution is -0.128. The van der Waals surface area contributed by atoms with Crippen LogP contribution in [0.25, 0.3) is 0 Å². The van der Waals surface area contributed by atoms with Crippen LogP contribution in [0.3, 0.4) is 0 Å². The van der Waals surface area contributed by atoms with Crippen LogP contribution < -0.4 is 5.32 Å². The van der Waals surface area contributed by atoms with Gasteiger partial charge in [0.05, 0.1) is 6.10 Å². The number of hydrogen-bond donors (Lipinski definition) is 1. The zero-order valence-electron chi connectivity index (χ0n) is 12.3. The van der Waals surface area contributed by atoms with Crippen LogP contribution in [0, 0.1) is 12.8 Å². The van der Waals surface area contributed by atoms with Gasteiger partial charge in [0.15, 0.2) is 0 Å². The van der Waals surface area contributed by atoms with Gasteiger partial charge in [0.25, 0.3) is 0 Å². The van der Waals surface area contributed by atoms with Crippen molar-refractivity contribution in [3.05, 3.63) is 12.2 Å². The molecule has 0 unspecified atom stereocenters. The van der Waals surface area contributed by atoms with Crippen LogP contribution in [0.2, 0.25) is 0 Å². The van der Waals surface area contributed by atoms with E-state index >= 15 is 0 Å². The molecule has 1 amide bonds. The molecule has 0 spiro atoms. The quantitative estimate of drug-likeness (QED) is 0.852. The normalized spacial score (nSPS) is 22.7. The molecular weight excluding hydrogens is 256 g/mol. The first-order valence-corrected chi connectivity index (χ1v) is 7.38. The van der Waals surface area contributed by atoms with Gasteiger partial charge in [-0.1, -0.05) is 19.8 Å². The topological polar surface area (TPSA) is 69.0 Å². The van der Waals surface area contributed by atoms with Gasteiger partial charge in [0, 0.05) is 13.1 Å². The van der Waals surface area contributed by atoms with E-state index in [4.69, 9.17) is 4.74 Å². The van der Waals surface area contributed by atoms with E-state index in [0.29, 0.717) is 19.0 Å². The summed E-state index contributed by atoms with van der Waals surface area (Å²) in [5.41, 5.74) is 0. The van der Waals surface area contributed by atoms with Crippen molar-refractivity contribution in [2.45, 2.75) is 52.2 Å². The minimum atomic E-state index is -0.0473. The van der Waals surface area contributed by atoms with Crippen LogP contribution in [0.1, 0.15) is 38.4 Å². The Morgan fingerprint density at radius 1 is 1.55 bits per heavy atom. The second kappa shape index (κ2) is 7.38. The molecule has 0 bridgehead atoms. The molecule has 0 radical (unpaired) electrons. The van der Waals surface area contributed by atoms with E-state index in [1.165, 1.54) is 12.8 Å². The van der Waals surface area contributed by atoms with E-state index in [0.717, 1.165) is 18.7 Å². The first-order valence-electron chi connectivity index (χ1n) is 7.38. The van der Waals surface area contributed by atoms with E-state index in [1.807, 2.05) is 11.5 Å². The van der Waals surface area contributed by atoms with Crippen LogP contribution >= 0.6 is 0 Å². The Kier molecular flexibility index (Phi) is 5.52. The fourth-order valence-electron chi connectivity index (χ4n) is 2.62. The highest BCUT2D eigenvalue weighted by Crippen LogP contribution is 2.25. The zero-order chi connectivity index (χ0) is 14.4. The molecule has 6 heteroatoms.